The van der Waals surface area contributed by atoms with Gasteiger partial charge in [-0.2, -0.15) is 0 Å². The minimum absolute atomic E-state index is 0.149. The third-order valence-electron chi connectivity index (χ3n) is 7.77. The number of imide groups is 1. The average molecular weight is 476 g/mol. The second kappa shape index (κ2) is 10.2. The normalized spacial score (nSPS) is 22.5. The molecule has 2 aliphatic rings. The largest absolute Gasteiger partial charge is 0.355 e. The Kier molecular flexibility index (Phi) is 7.29. The molecule has 2 aromatic rings. The van der Waals surface area contributed by atoms with Crippen LogP contribution in [0.3, 0.4) is 0 Å². The highest BCUT2D eigenvalue weighted by Crippen LogP contribution is 2.43. The van der Waals surface area contributed by atoms with Gasteiger partial charge in [0, 0.05) is 12.5 Å². The molecule has 186 valence electrons. The smallest absolute Gasteiger partial charge is 0.325 e. The number of hydrogen-bond acceptors (Lipinski definition) is 3. The van der Waals surface area contributed by atoms with Gasteiger partial charge in [-0.15, -0.1) is 0 Å². The highest BCUT2D eigenvalue weighted by atomic mass is 16.2. The number of carbonyl (C=O) groups is 3. The van der Waals surface area contributed by atoms with Gasteiger partial charge in [-0.1, -0.05) is 81.4 Å². The van der Waals surface area contributed by atoms with Crippen molar-refractivity contribution >= 4 is 17.8 Å². The molecule has 0 radical (unpaired) electrons. The lowest BCUT2D eigenvalue weighted by Crippen LogP contribution is -2.51. The number of hydrogen-bond donors (Lipinski definition) is 2. The van der Waals surface area contributed by atoms with Gasteiger partial charge in [-0.3, -0.25) is 14.5 Å². The molecule has 4 amide bonds. The third-order valence-corrected chi connectivity index (χ3v) is 7.77. The molecular weight excluding hydrogens is 438 g/mol. The number of benzene rings is 2. The molecule has 0 atom stereocenters. The molecule has 6 nitrogen and oxygen atoms in total. The summed E-state index contributed by atoms with van der Waals surface area (Å²) in [6, 6.07) is 20.0. The molecule has 1 aliphatic heterocycles. The maximum atomic E-state index is 13.2. The highest BCUT2D eigenvalue weighted by molar-refractivity contribution is 6.09. The van der Waals surface area contributed by atoms with E-state index in [2.05, 4.69) is 55.7 Å². The number of rotatable bonds is 7. The lowest BCUT2D eigenvalue weighted by molar-refractivity contribution is -0.136. The van der Waals surface area contributed by atoms with Crippen molar-refractivity contribution in [2.45, 2.75) is 64.3 Å². The Bertz CT molecular complexity index is 998. The van der Waals surface area contributed by atoms with Gasteiger partial charge in [0.25, 0.3) is 5.91 Å². The van der Waals surface area contributed by atoms with E-state index in [1.807, 2.05) is 36.4 Å². The van der Waals surface area contributed by atoms with Gasteiger partial charge in [0.05, 0.1) is 0 Å². The Morgan fingerprint density at radius 2 is 1.54 bits per heavy atom. The zero-order valence-corrected chi connectivity index (χ0v) is 21.0. The summed E-state index contributed by atoms with van der Waals surface area (Å²) in [5.74, 6) is 0.110. The summed E-state index contributed by atoms with van der Waals surface area (Å²) in [5, 5.41) is 5.85. The van der Waals surface area contributed by atoms with Gasteiger partial charge in [-0.05, 0) is 54.6 Å². The van der Waals surface area contributed by atoms with Gasteiger partial charge < -0.3 is 10.6 Å². The Balaban J connectivity index is 1.33. The lowest BCUT2D eigenvalue weighted by Gasteiger charge is -2.40. The van der Waals surface area contributed by atoms with Crippen molar-refractivity contribution in [2.75, 3.05) is 13.1 Å². The maximum Gasteiger partial charge on any atom is 0.325 e. The van der Waals surface area contributed by atoms with Crippen molar-refractivity contribution in [3.05, 3.63) is 71.8 Å². The molecule has 1 saturated carbocycles. The van der Waals surface area contributed by atoms with Crippen LogP contribution in [0.5, 0.6) is 0 Å². The van der Waals surface area contributed by atoms with Gasteiger partial charge in [0.1, 0.15) is 12.1 Å². The average Bonchev–Trinajstić information content (AvgIpc) is 3.06. The predicted molar refractivity (Wildman–Crippen MR) is 137 cm³/mol. The SMILES string of the molecule is CC(C)(C)C1CCC2(CC1)NC(=O)N(CC(=O)NCCC(c1ccccc1)c1ccccc1)C2=O. The van der Waals surface area contributed by atoms with Crippen LogP contribution in [-0.2, 0) is 9.59 Å². The van der Waals surface area contributed by atoms with Gasteiger partial charge >= 0.3 is 6.03 Å². The van der Waals surface area contributed by atoms with E-state index in [0.29, 0.717) is 25.3 Å². The van der Waals surface area contributed by atoms with Crippen LogP contribution in [0.15, 0.2) is 60.7 Å². The van der Waals surface area contributed by atoms with Crippen molar-refractivity contribution in [3.63, 3.8) is 0 Å². The fourth-order valence-corrected chi connectivity index (χ4v) is 5.59. The number of urea groups is 1. The van der Waals surface area contributed by atoms with E-state index in [-0.39, 0.29) is 29.7 Å². The number of nitrogens with one attached hydrogen (secondary N) is 2. The summed E-state index contributed by atoms with van der Waals surface area (Å²) in [5.41, 5.74) is 1.72. The summed E-state index contributed by atoms with van der Waals surface area (Å²) in [4.78, 5) is 39.6. The maximum absolute atomic E-state index is 13.2. The summed E-state index contributed by atoms with van der Waals surface area (Å²) in [7, 11) is 0. The topological polar surface area (TPSA) is 78.5 Å². The molecule has 35 heavy (non-hydrogen) atoms. The van der Waals surface area contributed by atoms with Gasteiger partial charge in [-0.25, -0.2) is 4.79 Å². The molecule has 2 N–H and O–H groups in total. The molecule has 6 heteroatoms. The minimum Gasteiger partial charge on any atom is -0.355 e. The number of nitrogens with zero attached hydrogens (tertiary/aromatic N) is 1. The summed E-state index contributed by atoms with van der Waals surface area (Å²) in [6.07, 6.45) is 3.78. The van der Waals surface area contributed by atoms with Crippen LogP contribution in [0.25, 0.3) is 0 Å². The van der Waals surface area contributed by atoms with Crippen molar-refractivity contribution < 1.29 is 14.4 Å². The molecule has 2 aromatic carbocycles. The molecule has 0 aromatic heterocycles. The summed E-state index contributed by atoms with van der Waals surface area (Å²) < 4.78 is 0. The van der Waals surface area contributed by atoms with Crippen molar-refractivity contribution in [3.8, 4) is 0 Å². The first kappa shape index (κ1) is 25.0. The number of amides is 4. The fraction of sp³-hybridized carbons (Fsp3) is 0.483. The Morgan fingerprint density at radius 3 is 2.06 bits per heavy atom. The Hall–Kier alpha value is -3.15. The van der Waals surface area contributed by atoms with Gasteiger partial charge in [0.2, 0.25) is 5.91 Å². The third kappa shape index (κ3) is 5.58. The monoisotopic (exact) mass is 475 g/mol. The zero-order valence-electron chi connectivity index (χ0n) is 21.0. The number of carbonyl (C=O) groups excluding carboxylic acids is 3. The molecular formula is C29H37N3O3. The fourth-order valence-electron chi connectivity index (χ4n) is 5.59. The van der Waals surface area contributed by atoms with Crippen molar-refractivity contribution in [1.82, 2.24) is 15.5 Å². The van der Waals surface area contributed by atoms with E-state index < -0.39 is 11.6 Å². The summed E-state index contributed by atoms with van der Waals surface area (Å²) >= 11 is 0. The first-order valence-electron chi connectivity index (χ1n) is 12.7. The first-order chi connectivity index (χ1) is 16.7. The molecule has 4 rings (SSSR count). The minimum atomic E-state index is -0.842. The van der Waals surface area contributed by atoms with E-state index in [1.165, 1.54) is 11.1 Å². The second-order valence-corrected chi connectivity index (χ2v) is 11.1. The van der Waals surface area contributed by atoms with Crippen molar-refractivity contribution in [1.29, 1.82) is 0 Å². The lowest BCUT2D eigenvalue weighted by atomic mass is 9.67. The Morgan fingerprint density at radius 1 is 1.00 bits per heavy atom. The quantitative estimate of drug-likeness (QED) is 0.562. The Labute approximate surface area is 208 Å². The molecule has 0 unspecified atom stereocenters. The van der Waals surface area contributed by atoms with Crippen LogP contribution in [0.1, 0.15) is 69.9 Å². The van der Waals surface area contributed by atoms with Crippen LogP contribution < -0.4 is 10.6 Å². The van der Waals surface area contributed by atoms with Crippen LogP contribution >= 0.6 is 0 Å². The van der Waals surface area contributed by atoms with E-state index in [4.69, 9.17) is 0 Å². The predicted octanol–water partition coefficient (Wildman–Crippen LogP) is 4.85. The highest BCUT2D eigenvalue weighted by Gasteiger charge is 2.53. The van der Waals surface area contributed by atoms with Crippen LogP contribution in [0, 0.1) is 11.3 Å². The van der Waals surface area contributed by atoms with Gasteiger partial charge in [0.15, 0.2) is 0 Å². The van der Waals surface area contributed by atoms with Crippen LogP contribution in [0.4, 0.5) is 4.79 Å². The van der Waals surface area contributed by atoms with Crippen LogP contribution in [0.2, 0.25) is 0 Å². The molecule has 2 fully saturated rings. The molecule has 1 saturated heterocycles. The van der Waals surface area contributed by atoms with E-state index in [1.54, 1.807) is 0 Å². The van der Waals surface area contributed by atoms with Crippen LogP contribution in [-0.4, -0.2) is 41.4 Å². The molecule has 1 aliphatic carbocycles. The second-order valence-electron chi connectivity index (χ2n) is 11.1. The summed E-state index contributed by atoms with van der Waals surface area (Å²) in [6.45, 7) is 6.89. The zero-order chi connectivity index (χ0) is 25.1. The van der Waals surface area contributed by atoms with Crippen molar-refractivity contribution in [2.24, 2.45) is 11.3 Å². The first-order valence-corrected chi connectivity index (χ1v) is 12.7. The molecule has 1 spiro atoms. The van der Waals surface area contributed by atoms with E-state index in [9.17, 15) is 14.4 Å². The van der Waals surface area contributed by atoms with E-state index >= 15 is 0 Å². The van der Waals surface area contributed by atoms with E-state index in [0.717, 1.165) is 24.2 Å². The molecule has 1 heterocycles. The molecule has 0 bridgehead atoms. The standard InChI is InChI=1S/C29H37N3O3/c1-28(2,3)23-14-17-29(18-15-23)26(34)32(27(35)31-29)20-25(33)30-19-16-24(21-10-6-4-7-11-21)22-12-8-5-9-13-22/h4-13,23-24H,14-20H2,1-3H3,(H,30,33)(H,31,35).